The predicted molar refractivity (Wildman–Crippen MR) is 87.2 cm³/mol. The van der Waals surface area contributed by atoms with E-state index in [0.717, 1.165) is 55.1 Å². The van der Waals surface area contributed by atoms with Crippen LogP contribution in [0.1, 0.15) is 61.0 Å². The van der Waals surface area contributed by atoms with Crippen LogP contribution in [0.4, 0.5) is 0 Å². The van der Waals surface area contributed by atoms with Crippen LogP contribution in [0.2, 0.25) is 0 Å². The van der Waals surface area contributed by atoms with E-state index in [1.807, 2.05) is 6.92 Å². The molecule has 0 aliphatic rings. The summed E-state index contributed by atoms with van der Waals surface area (Å²) in [7, 11) is 0. The quantitative estimate of drug-likeness (QED) is 0.795. The highest BCUT2D eigenvalue weighted by molar-refractivity contribution is 6.03. The molecule has 1 heterocycles. The number of fused-ring (bicyclic) bond motifs is 1. The fourth-order valence-electron chi connectivity index (χ4n) is 2.89. The van der Waals surface area contributed by atoms with Crippen molar-refractivity contribution in [2.75, 3.05) is 0 Å². The molecular weight excluding hydrogens is 262 g/mol. The van der Waals surface area contributed by atoms with Gasteiger partial charge in [-0.1, -0.05) is 26.7 Å². The first-order valence-electron chi connectivity index (χ1n) is 7.94. The lowest BCUT2D eigenvalue weighted by Gasteiger charge is -2.08. The van der Waals surface area contributed by atoms with Crippen LogP contribution in [-0.2, 0) is 13.0 Å². The van der Waals surface area contributed by atoms with Crippen molar-refractivity contribution in [3.8, 4) is 0 Å². The highest BCUT2D eigenvalue weighted by Gasteiger charge is 2.16. The highest BCUT2D eigenvalue weighted by atomic mass is 16.4. The Morgan fingerprint density at radius 3 is 2.52 bits per heavy atom. The third-order valence-corrected chi connectivity index (χ3v) is 3.98. The number of nitrogens with zero attached hydrogens (tertiary/aromatic N) is 1. The zero-order valence-electron chi connectivity index (χ0n) is 13.3. The maximum atomic E-state index is 11.6. The lowest BCUT2D eigenvalue weighted by molar-refractivity contribution is 0.0698. The fraction of sp³-hybridized carbons (Fsp3) is 0.500. The molecule has 3 nitrogen and oxygen atoms in total. The Kier molecular flexibility index (Phi) is 5.05. The Morgan fingerprint density at radius 1 is 1.19 bits per heavy atom. The van der Waals surface area contributed by atoms with Crippen molar-refractivity contribution in [1.29, 1.82) is 0 Å². The molecule has 0 aliphatic heterocycles. The Hall–Kier alpha value is -1.77. The van der Waals surface area contributed by atoms with Gasteiger partial charge in [0.15, 0.2) is 0 Å². The van der Waals surface area contributed by atoms with E-state index in [2.05, 4.69) is 30.7 Å². The Balaban J connectivity index is 2.62. The van der Waals surface area contributed by atoms with Crippen molar-refractivity contribution in [3.63, 3.8) is 0 Å². The van der Waals surface area contributed by atoms with Crippen molar-refractivity contribution in [2.45, 2.75) is 59.4 Å². The molecule has 114 valence electrons. The minimum atomic E-state index is -0.832. The van der Waals surface area contributed by atoms with E-state index in [1.165, 1.54) is 5.56 Å². The second-order valence-corrected chi connectivity index (χ2v) is 5.82. The van der Waals surface area contributed by atoms with E-state index >= 15 is 0 Å². The number of aryl methyl sites for hydroxylation is 3. The van der Waals surface area contributed by atoms with Crippen molar-refractivity contribution < 1.29 is 9.90 Å². The van der Waals surface area contributed by atoms with E-state index in [-0.39, 0.29) is 0 Å². The van der Waals surface area contributed by atoms with Gasteiger partial charge in [-0.25, -0.2) is 4.79 Å². The molecule has 0 fully saturated rings. The van der Waals surface area contributed by atoms with Crippen LogP contribution < -0.4 is 0 Å². The first kappa shape index (κ1) is 15.6. The fourth-order valence-corrected chi connectivity index (χ4v) is 2.89. The molecule has 0 aliphatic carbocycles. The molecule has 1 aromatic heterocycles. The molecule has 21 heavy (non-hydrogen) atoms. The summed E-state index contributed by atoms with van der Waals surface area (Å²) in [6, 6.07) is 3.92. The number of carboxylic acid groups (broad SMARTS) is 1. The summed E-state index contributed by atoms with van der Waals surface area (Å²) in [5, 5.41) is 10.7. The maximum Gasteiger partial charge on any atom is 0.337 e. The number of hydrogen-bond acceptors (Lipinski definition) is 1. The molecule has 0 atom stereocenters. The zero-order valence-corrected chi connectivity index (χ0v) is 13.3. The van der Waals surface area contributed by atoms with Crippen molar-refractivity contribution >= 4 is 16.9 Å². The summed E-state index contributed by atoms with van der Waals surface area (Å²) < 4.78 is 2.15. The largest absolute Gasteiger partial charge is 0.478 e. The number of carboxylic acids is 1. The molecular formula is C18H25NO2. The standard InChI is InChI=1S/C18H25NO2/c1-4-6-8-14-12-19(9-7-5-2)17-15(14)10-13(3)11-16(17)18(20)21/h10-12H,4-9H2,1-3H3,(H,20,21). The van der Waals surface area contributed by atoms with Crippen LogP contribution in [0.25, 0.3) is 10.9 Å². The number of unbranched alkanes of at least 4 members (excludes halogenated alkanes) is 2. The normalized spacial score (nSPS) is 11.2. The van der Waals surface area contributed by atoms with Gasteiger partial charge in [0, 0.05) is 18.1 Å². The van der Waals surface area contributed by atoms with Gasteiger partial charge >= 0.3 is 5.97 Å². The molecule has 1 aromatic carbocycles. The van der Waals surface area contributed by atoms with Gasteiger partial charge in [0.2, 0.25) is 0 Å². The summed E-state index contributed by atoms with van der Waals surface area (Å²) in [6.45, 7) is 7.21. The van der Waals surface area contributed by atoms with Gasteiger partial charge in [0.05, 0.1) is 11.1 Å². The third kappa shape index (κ3) is 3.29. The van der Waals surface area contributed by atoms with Crippen LogP contribution >= 0.6 is 0 Å². The number of carbonyl (C=O) groups is 1. The summed E-state index contributed by atoms with van der Waals surface area (Å²) >= 11 is 0. The smallest absolute Gasteiger partial charge is 0.337 e. The third-order valence-electron chi connectivity index (χ3n) is 3.98. The van der Waals surface area contributed by atoms with Gasteiger partial charge < -0.3 is 9.67 Å². The number of aromatic carboxylic acids is 1. The number of hydrogen-bond donors (Lipinski definition) is 1. The lowest BCUT2D eigenvalue weighted by atomic mass is 10.0. The van der Waals surface area contributed by atoms with E-state index in [1.54, 1.807) is 6.07 Å². The second kappa shape index (κ2) is 6.79. The molecule has 2 rings (SSSR count). The molecule has 0 spiro atoms. The van der Waals surface area contributed by atoms with E-state index < -0.39 is 5.97 Å². The average Bonchev–Trinajstić information content (AvgIpc) is 2.79. The van der Waals surface area contributed by atoms with Crippen molar-refractivity contribution in [2.24, 2.45) is 0 Å². The molecule has 0 radical (unpaired) electrons. The highest BCUT2D eigenvalue weighted by Crippen LogP contribution is 2.28. The van der Waals surface area contributed by atoms with Crippen LogP contribution in [-0.4, -0.2) is 15.6 Å². The van der Waals surface area contributed by atoms with E-state index in [0.29, 0.717) is 5.56 Å². The summed E-state index contributed by atoms with van der Waals surface area (Å²) in [5.74, 6) is -0.832. The minimum absolute atomic E-state index is 0.434. The minimum Gasteiger partial charge on any atom is -0.478 e. The maximum absolute atomic E-state index is 11.6. The van der Waals surface area contributed by atoms with Gasteiger partial charge in [-0.3, -0.25) is 0 Å². The second-order valence-electron chi connectivity index (χ2n) is 5.82. The van der Waals surface area contributed by atoms with E-state index in [4.69, 9.17) is 0 Å². The Bertz CT molecular complexity index is 640. The van der Waals surface area contributed by atoms with Crippen LogP contribution in [0.5, 0.6) is 0 Å². The van der Waals surface area contributed by atoms with Crippen molar-refractivity contribution in [3.05, 3.63) is 35.0 Å². The summed E-state index contributed by atoms with van der Waals surface area (Å²) in [5.41, 5.74) is 3.64. The van der Waals surface area contributed by atoms with Crippen LogP contribution in [0.3, 0.4) is 0 Å². The van der Waals surface area contributed by atoms with Gasteiger partial charge in [0.25, 0.3) is 0 Å². The Morgan fingerprint density at radius 2 is 1.90 bits per heavy atom. The molecule has 0 saturated heterocycles. The number of rotatable bonds is 7. The summed E-state index contributed by atoms with van der Waals surface area (Å²) in [4.78, 5) is 11.6. The molecule has 0 bridgehead atoms. The molecule has 0 amide bonds. The topological polar surface area (TPSA) is 42.2 Å². The van der Waals surface area contributed by atoms with Crippen LogP contribution in [0, 0.1) is 6.92 Å². The molecule has 3 heteroatoms. The lowest BCUT2D eigenvalue weighted by Crippen LogP contribution is -2.03. The first-order chi connectivity index (χ1) is 10.1. The monoisotopic (exact) mass is 287 g/mol. The van der Waals surface area contributed by atoms with Gasteiger partial charge in [-0.2, -0.15) is 0 Å². The predicted octanol–water partition coefficient (Wildman–Crippen LogP) is 4.79. The van der Waals surface area contributed by atoms with Gasteiger partial charge in [0.1, 0.15) is 0 Å². The van der Waals surface area contributed by atoms with E-state index in [9.17, 15) is 9.90 Å². The van der Waals surface area contributed by atoms with Crippen molar-refractivity contribution in [1.82, 2.24) is 4.57 Å². The Labute approximate surface area is 126 Å². The average molecular weight is 287 g/mol. The molecule has 2 aromatic rings. The number of benzene rings is 1. The number of aromatic nitrogens is 1. The van der Waals surface area contributed by atoms with Gasteiger partial charge in [-0.05, 0) is 49.4 Å². The summed E-state index contributed by atoms with van der Waals surface area (Å²) in [6.07, 6.45) is 7.67. The molecule has 0 saturated carbocycles. The zero-order chi connectivity index (χ0) is 15.4. The molecule has 0 unspecified atom stereocenters. The molecule has 1 N–H and O–H groups in total. The first-order valence-corrected chi connectivity index (χ1v) is 7.94. The van der Waals surface area contributed by atoms with Gasteiger partial charge in [-0.15, -0.1) is 0 Å². The SMILES string of the molecule is CCCCc1cn(CCCC)c2c(C(=O)O)cc(C)cc12. The van der Waals surface area contributed by atoms with Crippen LogP contribution in [0.15, 0.2) is 18.3 Å².